The molecule has 1 aromatic heterocycles. The number of fused-ring (bicyclic) bond motifs is 1. The number of benzene rings is 1. The van der Waals surface area contributed by atoms with Crippen molar-refractivity contribution in [2.24, 2.45) is 5.92 Å². The van der Waals surface area contributed by atoms with Crippen LogP contribution < -0.4 is 10.1 Å². The summed E-state index contributed by atoms with van der Waals surface area (Å²) in [5.41, 5.74) is 2.65. The zero-order chi connectivity index (χ0) is 24.5. The zero-order valence-corrected chi connectivity index (χ0v) is 19.7. The van der Waals surface area contributed by atoms with E-state index in [-0.39, 0.29) is 24.0 Å². The highest BCUT2D eigenvalue weighted by molar-refractivity contribution is 6.24. The molecule has 4 amide bonds. The van der Waals surface area contributed by atoms with Crippen LogP contribution in [0.5, 0.6) is 5.75 Å². The molecule has 0 radical (unpaired) electrons. The van der Waals surface area contributed by atoms with Gasteiger partial charge in [0.2, 0.25) is 11.8 Å². The maximum Gasteiger partial charge on any atom is 0.266 e. The van der Waals surface area contributed by atoms with Gasteiger partial charge in [0.1, 0.15) is 11.8 Å². The molecule has 3 aliphatic rings. The Morgan fingerprint density at radius 1 is 1.03 bits per heavy atom. The number of carbonyl (C=O) groups is 4. The first-order valence-corrected chi connectivity index (χ1v) is 12.0. The summed E-state index contributed by atoms with van der Waals surface area (Å²) in [6, 6.07) is 8.11. The van der Waals surface area contributed by atoms with Crippen LogP contribution in [-0.4, -0.2) is 64.2 Å². The van der Waals surface area contributed by atoms with Gasteiger partial charge in [-0.1, -0.05) is 12.1 Å². The van der Waals surface area contributed by atoms with Gasteiger partial charge in [-0.25, -0.2) is 0 Å². The molecule has 9 nitrogen and oxygen atoms in total. The van der Waals surface area contributed by atoms with Gasteiger partial charge in [0.05, 0.1) is 17.7 Å². The minimum Gasteiger partial charge on any atom is -0.492 e. The molecule has 182 valence electrons. The number of nitrogens with one attached hydrogen (secondary N) is 1. The number of imide groups is 2. The zero-order valence-electron chi connectivity index (χ0n) is 19.7. The molecule has 4 heterocycles. The van der Waals surface area contributed by atoms with Crippen molar-refractivity contribution < 1.29 is 23.9 Å². The van der Waals surface area contributed by atoms with Gasteiger partial charge in [0.15, 0.2) is 0 Å². The number of nitrogens with zero attached hydrogens (tertiary/aromatic N) is 3. The minimum atomic E-state index is -0.985. The van der Waals surface area contributed by atoms with Crippen LogP contribution in [0.1, 0.15) is 57.7 Å². The van der Waals surface area contributed by atoms with Crippen LogP contribution in [0.3, 0.4) is 0 Å². The molecule has 1 unspecified atom stereocenters. The van der Waals surface area contributed by atoms with E-state index in [4.69, 9.17) is 4.74 Å². The maximum atomic E-state index is 13.2. The van der Waals surface area contributed by atoms with E-state index in [9.17, 15) is 19.2 Å². The van der Waals surface area contributed by atoms with E-state index in [1.54, 1.807) is 18.2 Å². The van der Waals surface area contributed by atoms with Crippen LogP contribution in [0, 0.1) is 12.8 Å². The molecular weight excluding hydrogens is 448 g/mol. The Balaban J connectivity index is 1.20. The van der Waals surface area contributed by atoms with E-state index >= 15 is 0 Å². The van der Waals surface area contributed by atoms with Crippen molar-refractivity contribution in [1.82, 2.24) is 20.1 Å². The lowest BCUT2D eigenvalue weighted by atomic mass is 9.97. The Hall–Kier alpha value is -3.59. The molecule has 0 saturated carbocycles. The van der Waals surface area contributed by atoms with Crippen molar-refractivity contribution in [2.45, 2.75) is 45.2 Å². The first-order chi connectivity index (χ1) is 16.9. The molecule has 1 atom stereocenters. The highest BCUT2D eigenvalue weighted by Gasteiger charge is 2.46. The van der Waals surface area contributed by atoms with Crippen molar-refractivity contribution in [3.05, 3.63) is 58.9 Å². The SMILES string of the molecule is Cc1ccc(CN2CCC(COc3cccc4c3C(=O)N(C3CCC(=O)NC3=O)C4=O)CC2)cn1. The van der Waals surface area contributed by atoms with Crippen LogP contribution in [0.15, 0.2) is 36.5 Å². The molecule has 2 fully saturated rings. The van der Waals surface area contributed by atoms with E-state index in [0.29, 0.717) is 18.3 Å². The van der Waals surface area contributed by atoms with E-state index in [0.717, 1.165) is 43.1 Å². The van der Waals surface area contributed by atoms with Gasteiger partial charge in [0.25, 0.3) is 11.8 Å². The molecule has 1 aromatic carbocycles. The third-order valence-electron chi connectivity index (χ3n) is 6.99. The molecule has 0 spiro atoms. The van der Waals surface area contributed by atoms with Crippen LogP contribution in [0.25, 0.3) is 0 Å². The topological polar surface area (TPSA) is 109 Å². The summed E-state index contributed by atoms with van der Waals surface area (Å²) in [6.45, 7) is 5.22. The molecule has 0 bridgehead atoms. The number of piperidine rings is 2. The van der Waals surface area contributed by atoms with E-state index < -0.39 is 29.7 Å². The molecular formula is C26H28N4O5. The van der Waals surface area contributed by atoms with Crippen molar-refractivity contribution in [1.29, 1.82) is 0 Å². The predicted octanol–water partition coefficient (Wildman–Crippen LogP) is 2.08. The van der Waals surface area contributed by atoms with Crippen molar-refractivity contribution >= 4 is 23.6 Å². The Morgan fingerprint density at radius 3 is 2.54 bits per heavy atom. The first-order valence-electron chi connectivity index (χ1n) is 12.0. The number of carbonyl (C=O) groups excluding carboxylic acids is 4. The smallest absolute Gasteiger partial charge is 0.266 e. The van der Waals surface area contributed by atoms with Crippen LogP contribution in [0.2, 0.25) is 0 Å². The summed E-state index contributed by atoms with van der Waals surface area (Å²) in [4.78, 5) is 57.7. The number of hydrogen-bond donors (Lipinski definition) is 1. The first kappa shape index (κ1) is 23.2. The van der Waals surface area contributed by atoms with Gasteiger partial charge in [-0.3, -0.25) is 39.3 Å². The molecule has 9 heteroatoms. The fourth-order valence-corrected chi connectivity index (χ4v) is 4.97. The Bertz CT molecular complexity index is 1170. The average molecular weight is 477 g/mol. The molecule has 35 heavy (non-hydrogen) atoms. The van der Waals surface area contributed by atoms with E-state index in [1.807, 2.05) is 19.2 Å². The Labute approximate surface area is 203 Å². The van der Waals surface area contributed by atoms with Gasteiger partial charge < -0.3 is 4.74 Å². The quantitative estimate of drug-likeness (QED) is 0.636. The second-order valence-corrected chi connectivity index (χ2v) is 9.46. The van der Waals surface area contributed by atoms with Crippen molar-refractivity contribution in [3.63, 3.8) is 0 Å². The van der Waals surface area contributed by atoms with Crippen LogP contribution in [-0.2, 0) is 16.1 Å². The van der Waals surface area contributed by atoms with Crippen molar-refractivity contribution in [3.8, 4) is 5.75 Å². The molecule has 5 rings (SSSR count). The number of pyridine rings is 1. The largest absolute Gasteiger partial charge is 0.492 e. The molecule has 1 N–H and O–H groups in total. The highest BCUT2D eigenvalue weighted by atomic mass is 16.5. The average Bonchev–Trinajstić information content (AvgIpc) is 3.11. The van der Waals surface area contributed by atoms with Gasteiger partial charge in [-0.2, -0.15) is 0 Å². The fourth-order valence-electron chi connectivity index (χ4n) is 4.97. The third kappa shape index (κ3) is 4.68. The summed E-state index contributed by atoms with van der Waals surface area (Å²) in [5.74, 6) is -1.37. The Morgan fingerprint density at radius 2 is 1.83 bits per heavy atom. The molecule has 2 saturated heterocycles. The number of amides is 4. The normalized spacial score (nSPS) is 21.3. The number of likely N-dealkylation sites (tertiary alicyclic amines) is 1. The molecule has 2 aromatic rings. The Kier molecular flexibility index (Phi) is 6.34. The predicted molar refractivity (Wildman–Crippen MR) is 126 cm³/mol. The summed E-state index contributed by atoms with van der Waals surface area (Å²) < 4.78 is 6.07. The summed E-state index contributed by atoms with van der Waals surface area (Å²) in [5, 5.41) is 2.22. The lowest BCUT2D eigenvalue weighted by molar-refractivity contribution is -0.136. The monoisotopic (exact) mass is 476 g/mol. The lowest BCUT2D eigenvalue weighted by Crippen LogP contribution is -2.54. The third-order valence-corrected chi connectivity index (χ3v) is 6.99. The number of rotatable bonds is 6. The molecule has 3 aliphatic heterocycles. The van der Waals surface area contributed by atoms with Gasteiger partial charge in [-0.05, 0) is 69.0 Å². The number of aryl methyl sites for hydroxylation is 1. The standard InChI is InChI=1S/C26H28N4O5/c1-16-5-6-18(13-27-16)14-29-11-9-17(10-12-29)15-35-21-4-2-3-19-23(21)26(34)30(25(19)33)20-7-8-22(31)28-24(20)32/h2-6,13,17,20H,7-12,14-15H2,1H3,(H,28,31,32). The van der Waals surface area contributed by atoms with E-state index in [1.165, 1.54) is 5.56 Å². The van der Waals surface area contributed by atoms with Gasteiger partial charge in [-0.15, -0.1) is 0 Å². The second kappa shape index (κ2) is 9.58. The number of aromatic nitrogens is 1. The van der Waals surface area contributed by atoms with Crippen LogP contribution >= 0.6 is 0 Å². The van der Waals surface area contributed by atoms with Crippen LogP contribution in [0.4, 0.5) is 0 Å². The van der Waals surface area contributed by atoms with Crippen molar-refractivity contribution in [2.75, 3.05) is 19.7 Å². The lowest BCUT2D eigenvalue weighted by Gasteiger charge is -2.32. The number of hydrogen-bond acceptors (Lipinski definition) is 7. The number of ether oxygens (including phenoxy) is 1. The summed E-state index contributed by atoms with van der Waals surface area (Å²) in [7, 11) is 0. The summed E-state index contributed by atoms with van der Waals surface area (Å²) >= 11 is 0. The minimum absolute atomic E-state index is 0.0896. The summed E-state index contributed by atoms with van der Waals surface area (Å²) in [6.07, 6.45) is 4.10. The second-order valence-electron chi connectivity index (χ2n) is 9.46. The van der Waals surface area contributed by atoms with Gasteiger partial charge in [0, 0.05) is 24.9 Å². The van der Waals surface area contributed by atoms with Gasteiger partial charge >= 0.3 is 0 Å². The molecule has 0 aliphatic carbocycles. The van der Waals surface area contributed by atoms with E-state index in [2.05, 4.69) is 21.3 Å². The highest BCUT2D eigenvalue weighted by Crippen LogP contribution is 2.34. The maximum absolute atomic E-state index is 13.2. The fraction of sp³-hybridized carbons (Fsp3) is 0.423.